The first-order chi connectivity index (χ1) is 11.3. The second-order valence-corrected chi connectivity index (χ2v) is 7.03. The molecule has 2 nitrogen and oxygen atoms in total. The highest BCUT2D eigenvalue weighted by Crippen LogP contribution is 2.39. The lowest BCUT2D eigenvalue weighted by molar-refractivity contribution is -0.0221. The molecule has 5 rings (SSSR count). The van der Waals surface area contributed by atoms with Crippen LogP contribution < -0.4 is 0 Å². The molecule has 0 aromatic heterocycles. The molecule has 0 radical (unpaired) electrons. The van der Waals surface area contributed by atoms with Gasteiger partial charge in [-0.2, -0.15) is 0 Å². The van der Waals surface area contributed by atoms with E-state index >= 15 is 0 Å². The number of hydrogen-bond acceptors (Lipinski definition) is 2. The molecule has 2 heterocycles. The molecule has 0 N–H and O–H groups in total. The van der Waals surface area contributed by atoms with Gasteiger partial charge < -0.3 is 4.74 Å². The van der Waals surface area contributed by atoms with E-state index < -0.39 is 0 Å². The maximum atomic E-state index is 5.72. The first kappa shape index (κ1) is 13.5. The Hall–Kier alpha value is -1.90. The molecule has 1 saturated heterocycles. The van der Waals surface area contributed by atoms with Crippen molar-refractivity contribution in [1.29, 1.82) is 0 Å². The van der Waals surface area contributed by atoms with Crippen LogP contribution in [-0.4, -0.2) is 37.2 Å². The van der Waals surface area contributed by atoms with Crippen molar-refractivity contribution in [2.24, 2.45) is 0 Å². The molecule has 0 spiro atoms. The number of rotatable bonds is 1. The minimum Gasteiger partial charge on any atom is -0.378 e. The Morgan fingerprint density at radius 1 is 1.00 bits per heavy atom. The molecule has 3 aliphatic rings. The zero-order valence-electron chi connectivity index (χ0n) is 13.5. The summed E-state index contributed by atoms with van der Waals surface area (Å²) in [7, 11) is 2.23. The number of fused-ring (bicyclic) bond motifs is 5. The van der Waals surface area contributed by atoms with E-state index in [0.29, 0.717) is 12.1 Å². The third-order valence-electron chi connectivity index (χ3n) is 5.71. The van der Waals surface area contributed by atoms with Crippen LogP contribution in [0.3, 0.4) is 0 Å². The van der Waals surface area contributed by atoms with Gasteiger partial charge >= 0.3 is 0 Å². The number of benzene rings is 2. The lowest BCUT2D eigenvalue weighted by Crippen LogP contribution is -2.51. The Labute approximate surface area is 137 Å². The van der Waals surface area contributed by atoms with Gasteiger partial charge in [-0.1, -0.05) is 48.5 Å². The normalized spacial score (nSPS) is 25.7. The van der Waals surface area contributed by atoms with E-state index in [1.807, 2.05) is 0 Å². The Morgan fingerprint density at radius 3 is 2.78 bits per heavy atom. The van der Waals surface area contributed by atoms with Gasteiger partial charge in [-0.05, 0) is 53.3 Å². The maximum Gasteiger partial charge on any atom is 0.0658 e. The summed E-state index contributed by atoms with van der Waals surface area (Å²) >= 11 is 0. The summed E-state index contributed by atoms with van der Waals surface area (Å²) in [6, 6.07) is 16.8. The molecule has 116 valence electrons. The van der Waals surface area contributed by atoms with Gasteiger partial charge in [0.05, 0.1) is 19.3 Å². The van der Waals surface area contributed by atoms with Crippen LogP contribution in [0.2, 0.25) is 0 Å². The number of ether oxygens (including phenoxy) is 1. The van der Waals surface area contributed by atoms with Crippen LogP contribution in [0.5, 0.6) is 0 Å². The van der Waals surface area contributed by atoms with E-state index in [0.717, 1.165) is 26.1 Å². The molecule has 1 fully saturated rings. The molecule has 2 aromatic rings. The van der Waals surface area contributed by atoms with Crippen LogP contribution >= 0.6 is 0 Å². The minimum absolute atomic E-state index is 0.433. The molecule has 2 aromatic carbocycles. The fourth-order valence-corrected chi connectivity index (χ4v) is 4.31. The molecule has 2 aliphatic heterocycles. The zero-order chi connectivity index (χ0) is 15.4. The lowest BCUT2D eigenvalue weighted by atomic mass is 9.89. The summed E-state index contributed by atoms with van der Waals surface area (Å²) in [5.74, 6) is 0. The van der Waals surface area contributed by atoms with Crippen molar-refractivity contribution in [3.8, 4) is 11.1 Å². The van der Waals surface area contributed by atoms with Crippen molar-refractivity contribution in [3.63, 3.8) is 0 Å². The standard InChI is InChI=1S/C21H21NO/c1-22-18-10-16(11-19(22)13-23-12-18)14-6-7-21-17(8-14)9-15-4-2-3-5-20(15)21/h2-8,10,18-19H,9,11-13H2,1H3. The number of likely N-dealkylation sites (N-methyl/N-ethyl adjacent to an activating group) is 1. The summed E-state index contributed by atoms with van der Waals surface area (Å²) < 4.78 is 5.72. The summed E-state index contributed by atoms with van der Waals surface area (Å²) in [6.45, 7) is 1.69. The van der Waals surface area contributed by atoms with Crippen molar-refractivity contribution in [2.75, 3.05) is 20.3 Å². The average Bonchev–Trinajstić information content (AvgIpc) is 2.92. The molecule has 2 atom stereocenters. The third-order valence-corrected chi connectivity index (χ3v) is 5.71. The first-order valence-corrected chi connectivity index (χ1v) is 8.51. The lowest BCUT2D eigenvalue weighted by Gasteiger charge is -2.42. The van der Waals surface area contributed by atoms with E-state index in [2.05, 4.69) is 60.5 Å². The monoisotopic (exact) mass is 303 g/mol. The van der Waals surface area contributed by atoms with Gasteiger partial charge in [0.1, 0.15) is 0 Å². The largest absolute Gasteiger partial charge is 0.378 e. The maximum absolute atomic E-state index is 5.72. The van der Waals surface area contributed by atoms with Crippen LogP contribution in [0, 0.1) is 0 Å². The highest BCUT2D eigenvalue weighted by atomic mass is 16.5. The number of nitrogens with zero attached hydrogens (tertiary/aromatic N) is 1. The molecule has 0 amide bonds. The van der Waals surface area contributed by atoms with Gasteiger partial charge in [-0.3, -0.25) is 4.90 Å². The van der Waals surface area contributed by atoms with Crippen molar-refractivity contribution in [1.82, 2.24) is 4.90 Å². The van der Waals surface area contributed by atoms with Crippen molar-refractivity contribution in [2.45, 2.75) is 24.9 Å². The highest BCUT2D eigenvalue weighted by molar-refractivity contribution is 5.80. The smallest absolute Gasteiger partial charge is 0.0658 e. The Balaban J connectivity index is 1.53. The summed E-state index contributed by atoms with van der Waals surface area (Å²) in [5, 5.41) is 0. The Morgan fingerprint density at radius 2 is 1.87 bits per heavy atom. The third kappa shape index (κ3) is 2.09. The first-order valence-electron chi connectivity index (χ1n) is 8.51. The molecule has 0 saturated carbocycles. The van der Waals surface area contributed by atoms with Gasteiger partial charge in [0.2, 0.25) is 0 Å². The van der Waals surface area contributed by atoms with E-state index in [1.165, 1.54) is 33.4 Å². The van der Waals surface area contributed by atoms with Crippen LogP contribution in [-0.2, 0) is 11.2 Å². The highest BCUT2D eigenvalue weighted by Gasteiger charge is 2.32. The van der Waals surface area contributed by atoms with E-state index in [-0.39, 0.29) is 0 Å². The molecular formula is C21H21NO. The molecule has 2 unspecified atom stereocenters. The van der Waals surface area contributed by atoms with Crippen LogP contribution in [0.4, 0.5) is 0 Å². The van der Waals surface area contributed by atoms with Gasteiger partial charge in [0, 0.05) is 6.04 Å². The SMILES string of the molecule is CN1C2C=C(c3ccc4c(c3)Cc3ccccc3-4)CC1COC2. The van der Waals surface area contributed by atoms with Crippen molar-refractivity contribution in [3.05, 3.63) is 65.2 Å². The van der Waals surface area contributed by atoms with Gasteiger partial charge in [0.25, 0.3) is 0 Å². The predicted octanol–water partition coefficient (Wildman–Crippen LogP) is 3.74. The minimum atomic E-state index is 0.433. The second kappa shape index (κ2) is 5.05. The quantitative estimate of drug-likeness (QED) is 0.679. The fraction of sp³-hybridized carbons (Fsp3) is 0.333. The summed E-state index contributed by atoms with van der Waals surface area (Å²) in [4.78, 5) is 2.47. The predicted molar refractivity (Wildman–Crippen MR) is 93.4 cm³/mol. The van der Waals surface area contributed by atoms with E-state index in [4.69, 9.17) is 4.74 Å². The second-order valence-electron chi connectivity index (χ2n) is 7.03. The fourth-order valence-electron chi connectivity index (χ4n) is 4.31. The number of morpholine rings is 1. The Bertz CT molecular complexity index is 807. The molecule has 2 bridgehead atoms. The zero-order valence-corrected chi connectivity index (χ0v) is 13.5. The summed E-state index contributed by atoms with van der Waals surface area (Å²) in [5.41, 5.74) is 8.67. The van der Waals surface area contributed by atoms with E-state index in [1.54, 1.807) is 0 Å². The van der Waals surface area contributed by atoms with Crippen LogP contribution in [0.1, 0.15) is 23.1 Å². The molecule has 2 heteroatoms. The average molecular weight is 303 g/mol. The topological polar surface area (TPSA) is 12.5 Å². The number of hydrogen-bond donors (Lipinski definition) is 0. The van der Waals surface area contributed by atoms with Crippen LogP contribution in [0.25, 0.3) is 16.7 Å². The van der Waals surface area contributed by atoms with E-state index in [9.17, 15) is 0 Å². The molecule has 1 aliphatic carbocycles. The molecule has 23 heavy (non-hydrogen) atoms. The van der Waals surface area contributed by atoms with Crippen LogP contribution in [0.15, 0.2) is 48.5 Å². The van der Waals surface area contributed by atoms with Gasteiger partial charge in [-0.25, -0.2) is 0 Å². The van der Waals surface area contributed by atoms with Gasteiger partial charge in [0.15, 0.2) is 0 Å². The van der Waals surface area contributed by atoms with Crippen molar-refractivity contribution >= 4 is 5.57 Å². The Kier molecular flexibility index (Phi) is 2.97. The molecular weight excluding hydrogens is 282 g/mol. The summed E-state index contributed by atoms with van der Waals surface area (Å²) in [6.07, 6.45) is 4.58. The van der Waals surface area contributed by atoms with Gasteiger partial charge in [-0.15, -0.1) is 0 Å². The van der Waals surface area contributed by atoms with Crippen molar-refractivity contribution < 1.29 is 4.74 Å².